The largest absolute Gasteiger partial charge is 0.490 e. The monoisotopic (exact) mass is 381 g/mol. The first-order valence-electron chi connectivity index (χ1n) is 8.31. The third-order valence-corrected chi connectivity index (χ3v) is 6.34. The molecule has 1 atom stereocenters. The number of aromatic nitrogens is 2. The fraction of sp³-hybridized carbons (Fsp3) is 0.500. The van der Waals surface area contributed by atoms with E-state index < -0.39 is 15.6 Å². The SMILES string of the molecule is Cc1noc([C@]2(O)CCN(S(=O)(=O)c3ccc4c(c3)OCCCO4)C2)n1. The molecule has 0 saturated carbocycles. The summed E-state index contributed by atoms with van der Waals surface area (Å²) in [6.45, 7) is 2.63. The molecular weight excluding hydrogens is 362 g/mol. The summed E-state index contributed by atoms with van der Waals surface area (Å²) < 4.78 is 43.3. The summed E-state index contributed by atoms with van der Waals surface area (Å²) in [6.07, 6.45) is 0.915. The quantitative estimate of drug-likeness (QED) is 0.831. The Morgan fingerprint density at radius 2 is 2.00 bits per heavy atom. The van der Waals surface area contributed by atoms with E-state index in [0.29, 0.717) is 30.5 Å². The van der Waals surface area contributed by atoms with E-state index in [4.69, 9.17) is 14.0 Å². The van der Waals surface area contributed by atoms with Crippen molar-refractivity contribution in [3.8, 4) is 11.5 Å². The molecule has 2 aromatic rings. The molecule has 1 N–H and O–H groups in total. The second-order valence-electron chi connectivity index (χ2n) is 6.43. The van der Waals surface area contributed by atoms with Crippen molar-refractivity contribution in [3.63, 3.8) is 0 Å². The molecule has 9 nitrogen and oxygen atoms in total. The summed E-state index contributed by atoms with van der Waals surface area (Å²) in [6, 6.07) is 4.54. The van der Waals surface area contributed by atoms with Crippen molar-refractivity contribution in [2.75, 3.05) is 26.3 Å². The minimum Gasteiger partial charge on any atom is -0.490 e. The molecule has 2 aliphatic heterocycles. The predicted octanol–water partition coefficient (Wildman–Crippen LogP) is 0.822. The topological polar surface area (TPSA) is 115 Å². The van der Waals surface area contributed by atoms with Crippen molar-refractivity contribution in [2.45, 2.75) is 30.3 Å². The Morgan fingerprint density at radius 1 is 1.23 bits per heavy atom. The van der Waals surface area contributed by atoms with Crippen molar-refractivity contribution in [1.29, 1.82) is 0 Å². The van der Waals surface area contributed by atoms with Gasteiger partial charge in [-0.05, 0) is 19.1 Å². The number of hydrogen-bond acceptors (Lipinski definition) is 8. The second kappa shape index (κ2) is 6.22. The van der Waals surface area contributed by atoms with Gasteiger partial charge in [0.1, 0.15) is 0 Å². The Labute approximate surface area is 150 Å². The number of aliphatic hydroxyl groups is 1. The van der Waals surface area contributed by atoms with Crippen LogP contribution >= 0.6 is 0 Å². The van der Waals surface area contributed by atoms with Crippen LogP contribution in [0.25, 0.3) is 0 Å². The van der Waals surface area contributed by atoms with Crippen molar-refractivity contribution in [1.82, 2.24) is 14.4 Å². The lowest BCUT2D eigenvalue weighted by Gasteiger charge is -2.20. The minimum absolute atomic E-state index is 0.0337. The molecule has 3 heterocycles. The number of fused-ring (bicyclic) bond motifs is 1. The molecule has 0 unspecified atom stereocenters. The van der Waals surface area contributed by atoms with Gasteiger partial charge in [-0.3, -0.25) is 0 Å². The summed E-state index contributed by atoms with van der Waals surface area (Å²) in [5.41, 5.74) is -1.49. The number of hydrogen-bond donors (Lipinski definition) is 1. The van der Waals surface area contributed by atoms with E-state index in [1.807, 2.05) is 0 Å². The predicted molar refractivity (Wildman–Crippen MR) is 88.4 cm³/mol. The van der Waals surface area contributed by atoms with Crippen LogP contribution in [0.4, 0.5) is 0 Å². The van der Waals surface area contributed by atoms with Crippen LogP contribution in [0.2, 0.25) is 0 Å². The maximum atomic E-state index is 13.0. The minimum atomic E-state index is -3.81. The highest BCUT2D eigenvalue weighted by atomic mass is 32.2. The van der Waals surface area contributed by atoms with Crippen LogP contribution in [-0.2, 0) is 15.6 Å². The van der Waals surface area contributed by atoms with Crippen LogP contribution in [-0.4, -0.2) is 54.3 Å². The molecule has 10 heteroatoms. The number of sulfonamides is 1. The normalized spacial score (nSPS) is 23.8. The first kappa shape index (κ1) is 17.3. The van der Waals surface area contributed by atoms with Crippen LogP contribution in [0.1, 0.15) is 24.6 Å². The maximum Gasteiger partial charge on any atom is 0.260 e. The molecule has 26 heavy (non-hydrogen) atoms. The van der Waals surface area contributed by atoms with Gasteiger partial charge >= 0.3 is 0 Å². The lowest BCUT2D eigenvalue weighted by atomic mass is 10.0. The van der Waals surface area contributed by atoms with Gasteiger partial charge in [-0.2, -0.15) is 9.29 Å². The molecule has 140 valence electrons. The van der Waals surface area contributed by atoms with Crippen molar-refractivity contribution in [3.05, 3.63) is 29.9 Å². The summed E-state index contributed by atoms with van der Waals surface area (Å²) in [4.78, 5) is 4.13. The van der Waals surface area contributed by atoms with Gasteiger partial charge in [0.25, 0.3) is 5.89 Å². The Kier molecular flexibility index (Phi) is 4.13. The molecule has 0 bridgehead atoms. The highest BCUT2D eigenvalue weighted by Crippen LogP contribution is 2.37. The zero-order valence-corrected chi connectivity index (χ0v) is 15.0. The van der Waals surface area contributed by atoms with E-state index in [0.717, 1.165) is 6.42 Å². The Balaban J connectivity index is 1.60. The van der Waals surface area contributed by atoms with Gasteiger partial charge in [0.2, 0.25) is 10.0 Å². The average molecular weight is 381 g/mol. The molecule has 4 rings (SSSR count). The van der Waals surface area contributed by atoms with Gasteiger partial charge in [0.15, 0.2) is 22.9 Å². The molecule has 1 saturated heterocycles. The number of benzene rings is 1. The van der Waals surface area contributed by atoms with Gasteiger partial charge in [-0.1, -0.05) is 5.16 Å². The molecular formula is C16H19N3O6S. The van der Waals surface area contributed by atoms with Crippen LogP contribution in [0.5, 0.6) is 11.5 Å². The molecule has 2 aliphatic rings. The summed E-state index contributed by atoms with van der Waals surface area (Å²) in [5.74, 6) is 1.36. The fourth-order valence-corrected chi connectivity index (χ4v) is 4.59. The van der Waals surface area contributed by atoms with Gasteiger partial charge < -0.3 is 19.1 Å². The fourth-order valence-electron chi connectivity index (χ4n) is 3.08. The smallest absolute Gasteiger partial charge is 0.260 e. The first-order valence-corrected chi connectivity index (χ1v) is 9.75. The van der Waals surface area contributed by atoms with E-state index in [9.17, 15) is 13.5 Å². The summed E-state index contributed by atoms with van der Waals surface area (Å²) in [5, 5.41) is 14.4. The molecule has 1 fully saturated rings. The van der Waals surface area contributed by atoms with E-state index >= 15 is 0 Å². The zero-order valence-electron chi connectivity index (χ0n) is 14.2. The van der Waals surface area contributed by atoms with E-state index in [1.54, 1.807) is 13.0 Å². The van der Waals surface area contributed by atoms with Crippen LogP contribution < -0.4 is 9.47 Å². The second-order valence-corrected chi connectivity index (χ2v) is 8.36. The van der Waals surface area contributed by atoms with Crippen molar-refractivity contribution in [2.24, 2.45) is 0 Å². The Morgan fingerprint density at radius 3 is 2.73 bits per heavy atom. The number of ether oxygens (including phenoxy) is 2. The van der Waals surface area contributed by atoms with Gasteiger partial charge in [0.05, 0.1) is 24.7 Å². The highest BCUT2D eigenvalue weighted by Gasteiger charge is 2.46. The molecule has 1 aromatic heterocycles. The molecule has 0 spiro atoms. The van der Waals surface area contributed by atoms with Gasteiger partial charge in [-0.25, -0.2) is 8.42 Å². The van der Waals surface area contributed by atoms with Crippen molar-refractivity contribution >= 4 is 10.0 Å². The number of β-amino-alcohol motifs (C(OH)–C–C–N with tert-alkyl or cyclic N) is 1. The van der Waals surface area contributed by atoms with E-state index in [1.165, 1.54) is 16.4 Å². The maximum absolute atomic E-state index is 13.0. The lowest BCUT2D eigenvalue weighted by Crippen LogP contribution is -2.34. The summed E-state index contributed by atoms with van der Waals surface area (Å²) >= 11 is 0. The summed E-state index contributed by atoms with van der Waals surface area (Å²) in [7, 11) is -3.81. The van der Waals surface area contributed by atoms with Gasteiger partial charge in [0, 0.05) is 25.5 Å². The third-order valence-electron chi connectivity index (χ3n) is 4.50. The zero-order chi connectivity index (χ0) is 18.4. The molecule has 0 amide bonds. The number of nitrogens with zero attached hydrogens (tertiary/aromatic N) is 3. The molecule has 0 radical (unpaired) electrons. The third kappa shape index (κ3) is 2.93. The van der Waals surface area contributed by atoms with Crippen LogP contribution in [0.15, 0.2) is 27.6 Å². The lowest BCUT2D eigenvalue weighted by molar-refractivity contribution is 0.0194. The molecule has 0 aliphatic carbocycles. The van der Waals surface area contributed by atoms with E-state index in [-0.39, 0.29) is 30.3 Å². The average Bonchev–Trinajstić information content (AvgIpc) is 3.15. The van der Waals surface area contributed by atoms with Crippen molar-refractivity contribution < 1.29 is 27.5 Å². The first-order chi connectivity index (χ1) is 12.4. The molecule has 1 aromatic carbocycles. The van der Waals surface area contributed by atoms with Crippen LogP contribution in [0, 0.1) is 6.92 Å². The van der Waals surface area contributed by atoms with E-state index in [2.05, 4.69) is 10.1 Å². The van der Waals surface area contributed by atoms with Gasteiger partial charge in [-0.15, -0.1) is 0 Å². The van der Waals surface area contributed by atoms with Crippen LogP contribution in [0.3, 0.4) is 0 Å². The highest BCUT2D eigenvalue weighted by molar-refractivity contribution is 7.89. The Hall–Kier alpha value is -2.17. The number of rotatable bonds is 3. The standard InChI is InChI=1S/C16H19N3O6S/c1-11-17-15(25-18-11)16(20)5-6-19(10-16)26(21,22)12-3-4-13-14(9-12)24-8-2-7-23-13/h3-4,9,20H,2,5-8,10H2,1H3/t16-/m0/s1. The Bertz CT molecular complexity index is 928. The number of aryl methyl sites for hydroxylation is 1.